The molecule has 0 saturated carbocycles. The first-order valence-electron chi connectivity index (χ1n) is 10.7. The molecule has 0 bridgehead atoms. The Labute approximate surface area is 198 Å². The zero-order valence-corrected chi connectivity index (χ0v) is 18.6. The van der Waals surface area contributed by atoms with Crippen LogP contribution in [0.2, 0.25) is 5.02 Å². The van der Waals surface area contributed by atoms with Crippen molar-refractivity contribution in [1.29, 1.82) is 0 Å². The lowest BCUT2D eigenvalue weighted by Crippen LogP contribution is -2.26. The number of benzene rings is 2. The van der Waals surface area contributed by atoms with Gasteiger partial charge in [0.25, 0.3) is 5.91 Å². The van der Waals surface area contributed by atoms with Gasteiger partial charge in [-0.05, 0) is 36.2 Å². The number of rotatable bonds is 6. The van der Waals surface area contributed by atoms with Crippen molar-refractivity contribution in [1.82, 2.24) is 20.6 Å². The molecule has 0 spiro atoms. The Bertz CT molecular complexity index is 1310. The highest BCUT2D eigenvalue weighted by atomic mass is 35.5. The minimum atomic E-state index is -0.594. The molecule has 3 N–H and O–H groups in total. The molecule has 0 radical (unpaired) electrons. The molecule has 8 nitrogen and oxygen atoms in total. The molecule has 1 fully saturated rings. The van der Waals surface area contributed by atoms with Gasteiger partial charge in [-0.15, -0.1) is 0 Å². The number of anilines is 2. The van der Waals surface area contributed by atoms with Crippen molar-refractivity contribution in [3.05, 3.63) is 70.1 Å². The molecule has 0 aliphatic carbocycles. The van der Waals surface area contributed by atoms with Gasteiger partial charge in [-0.2, -0.15) is 0 Å². The summed E-state index contributed by atoms with van der Waals surface area (Å²) in [5, 5.41) is 8.64. The number of carbonyl (C=O) groups is 3. The Kier molecular flexibility index (Phi) is 5.70. The van der Waals surface area contributed by atoms with Crippen LogP contribution in [0.5, 0.6) is 0 Å². The van der Waals surface area contributed by atoms with Gasteiger partial charge in [0.15, 0.2) is 5.82 Å². The van der Waals surface area contributed by atoms with Crippen LogP contribution in [0, 0.1) is 11.7 Å². The topological polar surface area (TPSA) is 113 Å². The predicted molar refractivity (Wildman–Crippen MR) is 123 cm³/mol. The second-order valence-electron chi connectivity index (χ2n) is 8.09. The van der Waals surface area contributed by atoms with E-state index in [-0.39, 0.29) is 58.4 Å². The average Bonchev–Trinajstić information content (AvgIpc) is 3.40. The van der Waals surface area contributed by atoms with Gasteiger partial charge in [0.2, 0.25) is 5.91 Å². The zero-order valence-electron chi connectivity index (χ0n) is 17.8. The Balaban J connectivity index is 1.42. The molecule has 2 aromatic carbocycles. The second kappa shape index (κ2) is 8.83. The maximum Gasteiger partial charge on any atom is 0.257 e. The van der Waals surface area contributed by atoms with Gasteiger partial charge in [0, 0.05) is 18.7 Å². The smallest absolute Gasteiger partial charge is 0.257 e. The molecular formula is C24H19ClFN5O3. The average molecular weight is 480 g/mol. The SMILES string of the molecule is O=C1NCc2nc(-c3c(F)cccc3Cl)nc(Nc3ccc(CC(=O)C4CCNC4=O)cc3)c21. The molecule has 1 aromatic heterocycles. The third-order valence-electron chi connectivity index (χ3n) is 5.85. The Hall–Kier alpha value is -3.85. The van der Waals surface area contributed by atoms with Gasteiger partial charge in [-0.3, -0.25) is 14.4 Å². The van der Waals surface area contributed by atoms with Gasteiger partial charge >= 0.3 is 0 Å². The summed E-state index contributed by atoms with van der Waals surface area (Å²) in [5.74, 6) is -1.54. The van der Waals surface area contributed by atoms with Crippen molar-refractivity contribution < 1.29 is 18.8 Å². The van der Waals surface area contributed by atoms with Crippen LogP contribution in [-0.2, 0) is 22.6 Å². The van der Waals surface area contributed by atoms with E-state index in [9.17, 15) is 18.8 Å². The number of halogens is 2. The fourth-order valence-electron chi connectivity index (χ4n) is 4.11. The minimum absolute atomic E-state index is 0.0548. The monoisotopic (exact) mass is 479 g/mol. The highest BCUT2D eigenvalue weighted by molar-refractivity contribution is 6.33. The summed E-state index contributed by atoms with van der Waals surface area (Å²) in [5.41, 5.74) is 2.15. The van der Waals surface area contributed by atoms with Crippen molar-refractivity contribution in [3.8, 4) is 11.4 Å². The molecule has 3 aromatic rings. The maximum absolute atomic E-state index is 14.5. The molecule has 2 aliphatic rings. The van der Waals surface area contributed by atoms with E-state index in [0.717, 1.165) is 5.56 Å². The van der Waals surface area contributed by atoms with Crippen molar-refractivity contribution in [3.63, 3.8) is 0 Å². The van der Waals surface area contributed by atoms with Crippen LogP contribution >= 0.6 is 11.6 Å². The summed E-state index contributed by atoms with van der Waals surface area (Å²) in [6, 6.07) is 11.3. The minimum Gasteiger partial charge on any atom is -0.355 e. The van der Waals surface area contributed by atoms with Gasteiger partial charge < -0.3 is 16.0 Å². The van der Waals surface area contributed by atoms with Crippen LogP contribution in [0.1, 0.15) is 28.0 Å². The maximum atomic E-state index is 14.5. The fraction of sp³-hybridized carbons (Fsp3) is 0.208. The number of nitrogens with zero attached hydrogens (tertiary/aromatic N) is 2. The number of ketones is 1. The third-order valence-corrected chi connectivity index (χ3v) is 6.16. The van der Waals surface area contributed by atoms with E-state index in [2.05, 4.69) is 25.9 Å². The zero-order chi connectivity index (χ0) is 23.8. The lowest BCUT2D eigenvalue weighted by atomic mass is 9.96. The lowest BCUT2D eigenvalue weighted by Gasteiger charge is -2.13. The molecular weight excluding hydrogens is 461 g/mol. The summed E-state index contributed by atoms with van der Waals surface area (Å²) >= 11 is 6.20. The summed E-state index contributed by atoms with van der Waals surface area (Å²) in [7, 11) is 0. The standard InChI is InChI=1S/C24H19ClFN5O3/c25-15-2-1-3-16(26)19(15)21-30-17-11-28-24(34)20(17)22(31-21)29-13-6-4-12(5-7-13)10-18(32)14-8-9-27-23(14)33/h1-7,14H,8-11H2,(H,27,33)(H,28,34)(H,29,30,31). The van der Waals surface area contributed by atoms with E-state index < -0.39 is 11.7 Å². The number of hydrogen-bond donors (Lipinski definition) is 3. The van der Waals surface area contributed by atoms with Gasteiger partial charge in [-0.25, -0.2) is 14.4 Å². The van der Waals surface area contributed by atoms with Crippen molar-refractivity contribution in [2.45, 2.75) is 19.4 Å². The molecule has 1 saturated heterocycles. The summed E-state index contributed by atoms with van der Waals surface area (Å²) in [4.78, 5) is 45.3. The number of carbonyl (C=O) groups excluding carboxylic acids is 3. The first kappa shape index (κ1) is 22.0. The van der Waals surface area contributed by atoms with Crippen LogP contribution in [0.15, 0.2) is 42.5 Å². The number of nitrogens with one attached hydrogen (secondary N) is 3. The van der Waals surface area contributed by atoms with E-state index in [0.29, 0.717) is 24.3 Å². The largest absolute Gasteiger partial charge is 0.355 e. The Morgan fingerprint density at radius 1 is 1.09 bits per heavy atom. The molecule has 5 rings (SSSR count). The number of aromatic nitrogens is 2. The third kappa shape index (κ3) is 4.10. The van der Waals surface area contributed by atoms with Gasteiger partial charge in [0.1, 0.15) is 23.0 Å². The molecule has 2 amide bonds. The van der Waals surface area contributed by atoms with E-state index in [1.165, 1.54) is 12.1 Å². The van der Waals surface area contributed by atoms with Gasteiger partial charge in [-0.1, -0.05) is 29.8 Å². The summed E-state index contributed by atoms with van der Waals surface area (Å²) in [6.45, 7) is 0.718. The fourth-order valence-corrected chi connectivity index (χ4v) is 4.36. The van der Waals surface area contributed by atoms with Crippen molar-refractivity contribution in [2.24, 2.45) is 5.92 Å². The first-order chi connectivity index (χ1) is 16.4. The molecule has 34 heavy (non-hydrogen) atoms. The summed E-state index contributed by atoms with van der Waals surface area (Å²) < 4.78 is 14.5. The number of hydrogen-bond acceptors (Lipinski definition) is 6. The molecule has 3 heterocycles. The van der Waals surface area contributed by atoms with Crippen LogP contribution < -0.4 is 16.0 Å². The van der Waals surface area contributed by atoms with Crippen LogP contribution in [0.3, 0.4) is 0 Å². The Morgan fingerprint density at radius 2 is 1.88 bits per heavy atom. The van der Waals surface area contributed by atoms with E-state index in [4.69, 9.17) is 11.6 Å². The van der Waals surface area contributed by atoms with E-state index in [1.807, 2.05) is 0 Å². The van der Waals surface area contributed by atoms with E-state index in [1.54, 1.807) is 30.3 Å². The molecule has 10 heteroatoms. The second-order valence-corrected chi connectivity index (χ2v) is 8.50. The predicted octanol–water partition coefficient (Wildman–Crippen LogP) is 3.17. The highest BCUT2D eigenvalue weighted by Gasteiger charge is 2.31. The molecule has 2 aliphatic heterocycles. The van der Waals surface area contributed by atoms with Crippen LogP contribution in [-0.4, -0.2) is 34.1 Å². The molecule has 172 valence electrons. The quantitative estimate of drug-likeness (QED) is 0.468. The van der Waals surface area contributed by atoms with Crippen LogP contribution in [0.25, 0.3) is 11.4 Å². The number of Topliss-reactive ketones (excluding diaryl/α,β-unsaturated/α-hetero) is 1. The normalized spacial score (nSPS) is 16.7. The van der Waals surface area contributed by atoms with Crippen LogP contribution in [0.4, 0.5) is 15.9 Å². The van der Waals surface area contributed by atoms with Gasteiger partial charge in [0.05, 0.1) is 28.7 Å². The van der Waals surface area contributed by atoms with Crippen molar-refractivity contribution >= 4 is 40.7 Å². The highest BCUT2D eigenvalue weighted by Crippen LogP contribution is 2.32. The first-order valence-corrected chi connectivity index (χ1v) is 11.1. The lowest BCUT2D eigenvalue weighted by molar-refractivity contribution is -0.131. The number of amides is 2. The molecule has 1 atom stereocenters. The van der Waals surface area contributed by atoms with Crippen molar-refractivity contribution in [2.75, 3.05) is 11.9 Å². The Morgan fingerprint density at radius 3 is 2.59 bits per heavy atom. The molecule has 1 unspecified atom stereocenters. The number of fused-ring (bicyclic) bond motifs is 1. The summed E-state index contributed by atoms with van der Waals surface area (Å²) in [6.07, 6.45) is 0.673. The van der Waals surface area contributed by atoms with E-state index >= 15 is 0 Å².